The summed E-state index contributed by atoms with van der Waals surface area (Å²) >= 11 is 0. The smallest absolute Gasteiger partial charge is 0.343 e. The quantitative estimate of drug-likeness (QED) is 0.0354. The maximum absolute atomic E-state index is 12.8. The number of nitrogens with zero attached hydrogens (tertiary/aromatic N) is 1. The van der Waals surface area contributed by atoms with Crippen molar-refractivity contribution in [1.82, 2.24) is 0 Å². The van der Waals surface area contributed by atoms with Gasteiger partial charge >= 0.3 is 17.6 Å². The van der Waals surface area contributed by atoms with E-state index in [0.29, 0.717) is 29.2 Å². The van der Waals surface area contributed by atoms with Crippen molar-refractivity contribution in [3.05, 3.63) is 82.4 Å². The van der Waals surface area contributed by atoms with Crippen LogP contribution in [0.4, 0.5) is 5.69 Å². The van der Waals surface area contributed by atoms with E-state index in [1.165, 1.54) is 12.5 Å². The number of esters is 1. The third-order valence-electron chi connectivity index (χ3n) is 7.99. The van der Waals surface area contributed by atoms with Crippen LogP contribution in [0.1, 0.15) is 114 Å². The first-order valence-electron chi connectivity index (χ1n) is 17.0. The maximum Gasteiger partial charge on any atom is 0.343 e. The van der Waals surface area contributed by atoms with Crippen LogP contribution in [0.25, 0.3) is 11.1 Å². The molecule has 0 aliphatic heterocycles. The second kappa shape index (κ2) is 20.7. The zero-order chi connectivity index (χ0) is 33.9. The number of carbonyl (C=O) groups is 2. The summed E-state index contributed by atoms with van der Waals surface area (Å²) in [6.45, 7) is 4.71. The Balaban J connectivity index is 1.42. The van der Waals surface area contributed by atoms with Crippen molar-refractivity contribution in [3.63, 3.8) is 0 Å². The molecule has 254 valence electrons. The van der Waals surface area contributed by atoms with Gasteiger partial charge in [-0.05, 0) is 86.2 Å². The van der Waals surface area contributed by atoms with Gasteiger partial charge in [0, 0.05) is 12.5 Å². The van der Waals surface area contributed by atoms with Gasteiger partial charge in [0.2, 0.25) is 0 Å². The minimum Gasteiger partial charge on any atom is -0.494 e. The first kappa shape index (κ1) is 37.1. The lowest BCUT2D eigenvalue weighted by Crippen LogP contribution is -2.12. The molecule has 3 rings (SSSR count). The normalized spacial score (nSPS) is 11.5. The third kappa shape index (κ3) is 13.9. The maximum atomic E-state index is 12.8. The summed E-state index contributed by atoms with van der Waals surface area (Å²) in [5.41, 5.74) is 1.66. The topological polar surface area (TPSA) is 125 Å². The van der Waals surface area contributed by atoms with Gasteiger partial charge in [0.25, 0.3) is 0 Å². The molecule has 0 radical (unpaired) electrons. The van der Waals surface area contributed by atoms with E-state index in [1.807, 2.05) is 6.92 Å². The van der Waals surface area contributed by atoms with Gasteiger partial charge in [-0.3, -0.25) is 14.9 Å². The Hall–Kier alpha value is -4.40. The van der Waals surface area contributed by atoms with Gasteiger partial charge in [0.05, 0.1) is 23.2 Å². The standard InChI is InChI=1S/C38H49NO8/c1-3-4-5-12-15-29(2)46-36-26-21-32(28-35(36)39(43)44)30-17-19-31(20-18-30)38(42)47-34-24-22-33(23-25-34)45-27-14-11-9-7-6-8-10-13-16-37(40)41/h17-26,28-29H,3-16,27H2,1-2H3,(H,40,41)/t29-/m1/s1. The summed E-state index contributed by atoms with van der Waals surface area (Å²) in [6.07, 6.45) is 13.7. The van der Waals surface area contributed by atoms with Crippen LogP contribution in [0.15, 0.2) is 66.7 Å². The molecule has 0 bridgehead atoms. The van der Waals surface area contributed by atoms with Crippen LogP contribution in [0.2, 0.25) is 0 Å². The first-order valence-corrected chi connectivity index (χ1v) is 17.0. The fraction of sp³-hybridized carbons (Fsp3) is 0.474. The third-order valence-corrected chi connectivity index (χ3v) is 7.99. The SMILES string of the molecule is CCCCCC[C@@H](C)Oc1ccc(-c2ccc(C(=O)Oc3ccc(OCCCCCCCCCCC(=O)O)cc3)cc2)cc1[N+](=O)[O-]. The summed E-state index contributed by atoms with van der Waals surface area (Å²) in [5.74, 6) is 0.145. The molecule has 3 aromatic rings. The molecule has 0 heterocycles. The van der Waals surface area contributed by atoms with Gasteiger partial charge in [-0.2, -0.15) is 0 Å². The van der Waals surface area contributed by atoms with Gasteiger partial charge in [-0.1, -0.05) is 82.9 Å². The number of hydrogen-bond acceptors (Lipinski definition) is 7. The minimum atomic E-state index is -0.719. The van der Waals surface area contributed by atoms with E-state index >= 15 is 0 Å². The lowest BCUT2D eigenvalue weighted by atomic mass is 10.0. The van der Waals surface area contributed by atoms with Crippen LogP contribution < -0.4 is 14.2 Å². The van der Waals surface area contributed by atoms with Crippen LogP contribution in [0.3, 0.4) is 0 Å². The molecule has 0 aliphatic carbocycles. The van der Waals surface area contributed by atoms with Crippen molar-refractivity contribution in [2.75, 3.05) is 6.61 Å². The number of carboxylic acids is 1. The van der Waals surface area contributed by atoms with E-state index in [4.69, 9.17) is 19.3 Å². The summed E-state index contributed by atoms with van der Waals surface area (Å²) in [7, 11) is 0. The fourth-order valence-corrected chi connectivity index (χ4v) is 5.27. The highest BCUT2D eigenvalue weighted by atomic mass is 16.6. The lowest BCUT2D eigenvalue weighted by Gasteiger charge is -2.15. The molecule has 0 saturated carbocycles. The molecular formula is C38H49NO8. The number of aliphatic carboxylic acids is 1. The van der Waals surface area contributed by atoms with Gasteiger partial charge in [-0.15, -0.1) is 0 Å². The largest absolute Gasteiger partial charge is 0.494 e. The molecular weight excluding hydrogens is 598 g/mol. The molecule has 0 aliphatic rings. The van der Waals surface area contributed by atoms with Crippen LogP contribution in [0, 0.1) is 10.1 Å². The average molecular weight is 648 g/mol. The van der Waals surface area contributed by atoms with Crippen molar-refractivity contribution in [2.24, 2.45) is 0 Å². The number of hydrogen-bond donors (Lipinski definition) is 1. The predicted octanol–water partition coefficient (Wildman–Crippen LogP) is 10.2. The number of nitro benzene ring substituents is 1. The van der Waals surface area contributed by atoms with Crippen molar-refractivity contribution >= 4 is 17.6 Å². The Morgan fingerprint density at radius 1 is 0.766 bits per heavy atom. The molecule has 0 aromatic heterocycles. The highest BCUT2D eigenvalue weighted by Crippen LogP contribution is 2.34. The van der Waals surface area contributed by atoms with Crippen LogP contribution in [0.5, 0.6) is 17.2 Å². The van der Waals surface area contributed by atoms with E-state index < -0.39 is 16.9 Å². The average Bonchev–Trinajstić information content (AvgIpc) is 3.06. The Kier molecular flexibility index (Phi) is 16.3. The predicted molar refractivity (Wildman–Crippen MR) is 183 cm³/mol. The molecule has 47 heavy (non-hydrogen) atoms. The number of carbonyl (C=O) groups excluding carboxylic acids is 1. The lowest BCUT2D eigenvalue weighted by molar-refractivity contribution is -0.386. The summed E-state index contributed by atoms with van der Waals surface area (Å²) in [5, 5.41) is 20.5. The van der Waals surface area contributed by atoms with Crippen molar-refractivity contribution in [2.45, 2.75) is 110 Å². The Morgan fingerprint density at radius 2 is 1.36 bits per heavy atom. The van der Waals surface area contributed by atoms with Crippen LogP contribution >= 0.6 is 0 Å². The molecule has 0 spiro atoms. The van der Waals surface area contributed by atoms with E-state index in [2.05, 4.69) is 6.92 Å². The number of nitro groups is 1. The molecule has 0 unspecified atom stereocenters. The monoisotopic (exact) mass is 647 g/mol. The Labute approximate surface area is 278 Å². The van der Waals surface area contributed by atoms with E-state index in [1.54, 1.807) is 60.7 Å². The number of unbranched alkanes of at least 4 members (excludes halogenated alkanes) is 10. The zero-order valence-corrected chi connectivity index (χ0v) is 27.8. The fourth-order valence-electron chi connectivity index (χ4n) is 5.27. The molecule has 0 amide bonds. The van der Waals surface area contributed by atoms with Crippen LogP contribution in [-0.2, 0) is 4.79 Å². The number of benzene rings is 3. The minimum absolute atomic E-state index is 0.0860. The summed E-state index contributed by atoms with van der Waals surface area (Å²) < 4.78 is 17.3. The highest BCUT2D eigenvalue weighted by Gasteiger charge is 2.19. The molecule has 0 saturated heterocycles. The highest BCUT2D eigenvalue weighted by molar-refractivity contribution is 5.91. The summed E-state index contributed by atoms with van der Waals surface area (Å²) in [4.78, 5) is 34.7. The van der Waals surface area contributed by atoms with Crippen molar-refractivity contribution in [3.8, 4) is 28.4 Å². The molecule has 3 aromatic carbocycles. The molecule has 1 atom stereocenters. The molecule has 0 fully saturated rings. The van der Waals surface area contributed by atoms with Gasteiger partial charge in [0.1, 0.15) is 11.5 Å². The number of rotatable bonds is 23. The molecule has 1 N–H and O–H groups in total. The van der Waals surface area contributed by atoms with Gasteiger partial charge in [0.15, 0.2) is 5.75 Å². The number of carboxylic acid groups (broad SMARTS) is 1. The zero-order valence-electron chi connectivity index (χ0n) is 27.8. The van der Waals surface area contributed by atoms with Gasteiger partial charge < -0.3 is 19.3 Å². The van der Waals surface area contributed by atoms with Crippen molar-refractivity contribution in [1.29, 1.82) is 0 Å². The van der Waals surface area contributed by atoms with Gasteiger partial charge in [-0.25, -0.2) is 4.79 Å². The van der Waals surface area contributed by atoms with Crippen LogP contribution in [-0.4, -0.2) is 34.7 Å². The summed E-state index contributed by atoms with van der Waals surface area (Å²) in [6, 6.07) is 18.6. The van der Waals surface area contributed by atoms with Crippen molar-refractivity contribution < 1.29 is 33.8 Å². The second-order valence-corrected chi connectivity index (χ2v) is 12.0. The van der Waals surface area contributed by atoms with E-state index in [9.17, 15) is 19.7 Å². The second-order valence-electron chi connectivity index (χ2n) is 12.0. The molecule has 9 nitrogen and oxygen atoms in total. The Morgan fingerprint density at radius 3 is 2.00 bits per heavy atom. The molecule has 9 heteroatoms. The van der Waals surface area contributed by atoms with E-state index in [0.717, 1.165) is 82.6 Å². The first-order chi connectivity index (χ1) is 22.8. The number of ether oxygens (including phenoxy) is 3. The Bertz CT molecular complexity index is 1390. The van der Waals surface area contributed by atoms with E-state index in [-0.39, 0.29) is 24.0 Å².